The van der Waals surface area contributed by atoms with Crippen LogP contribution in [0, 0.1) is 11.3 Å². The molecule has 4 nitrogen and oxygen atoms in total. The van der Waals surface area contributed by atoms with Gasteiger partial charge in [-0.1, -0.05) is 0 Å². The molecule has 1 aromatic rings. The molecule has 80 valence electrons. The van der Waals surface area contributed by atoms with Crippen LogP contribution in [0.2, 0.25) is 0 Å². The number of nitrogen functional groups attached to an aromatic ring is 1. The van der Waals surface area contributed by atoms with Crippen molar-refractivity contribution >= 4 is 21.6 Å². The summed E-state index contributed by atoms with van der Waals surface area (Å²) >= 11 is 2.88. The van der Waals surface area contributed by atoms with Crippen LogP contribution >= 0.6 is 15.9 Å². The zero-order valence-corrected chi connectivity index (χ0v) is 8.56. The van der Waals surface area contributed by atoms with E-state index < -0.39 is 12.2 Å². The average molecular weight is 282 g/mol. The van der Waals surface area contributed by atoms with E-state index >= 15 is 0 Å². The number of rotatable bonds is 1. The van der Waals surface area contributed by atoms with Crippen molar-refractivity contribution in [3.05, 3.63) is 16.2 Å². The van der Waals surface area contributed by atoms with E-state index in [1.165, 1.54) is 6.07 Å². The highest BCUT2D eigenvalue weighted by molar-refractivity contribution is 9.10. The van der Waals surface area contributed by atoms with Gasteiger partial charge in [0.1, 0.15) is 17.5 Å². The third kappa shape index (κ3) is 2.99. The van der Waals surface area contributed by atoms with Crippen LogP contribution in [0.4, 0.5) is 18.9 Å². The van der Waals surface area contributed by atoms with E-state index in [4.69, 9.17) is 11.0 Å². The summed E-state index contributed by atoms with van der Waals surface area (Å²) in [6.07, 6.45) is -4.89. The number of hydrogen-bond acceptors (Lipinski definition) is 4. The van der Waals surface area contributed by atoms with Crippen LogP contribution < -0.4 is 10.5 Å². The number of nitrogens with two attached hydrogens (primary N) is 1. The molecule has 15 heavy (non-hydrogen) atoms. The highest BCUT2D eigenvalue weighted by Crippen LogP contribution is 2.32. The van der Waals surface area contributed by atoms with Crippen molar-refractivity contribution in [1.82, 2.24) is 4.98 Å². The molecule has 0 spiro atoms. The van der Waals surface area contributed by atoms with Gasteiger partial charge < -0.3 is 10.5 Å². The number of hydrogen-bond donors (Lipinski definition) is 1. The van der Waals surface area contributed by atoms with Crippen LogP contribution in [0.3, 0.4) is 0 Å². The Bertz CT molecular complexity index is 427. The standard InChI is InChI=1S/C7H3BrF3N3O/c8-4-1-3(2-12)14-6(5(4)13)15-7(9,10)11/h1H,13H2. The number of anilines is 1. The van der Waals surface area contributed by atoms with Gasteiger partial charge in [0.15, 0.2) is 0 Å². The van der Waals surface area contributed by atoms with Crippen LogP contribution in [0.25, 0.3) is 0 Å². The SMILES string of the molecule is N#Cc1cc(Br)c(N)c(OC(F)(F)F)n1. The first-order valence-corrected chi connectivity index (χ1v) is 4.24. The largest absolute Gasteiger partial charge is 0.574 e. The molecule has 0 saturated carbocycles. The van der Waals surface area contributed by atoms with Gasteiger partial charge in [-0.25, -0.2) is 4.98 Å². The molecule has 0 aliphatic carbocycles. The third-order valence-electron chi connectivity index (χ3n) is 1.30. The zero-order valence-electron chi connectivity index (χ0n) is 6.97. The maximum absolute atomic E-state index is 11.9. The summed E-state index contributed by atoms with van der Waals surface area (Å²) in [6.45, 7) is 0. The van der Waals surface area contributed by atoms with E-state index in [1.807, 2.05) is 0 Å². The molecule has 0 unspecified atom stereocenters. The first-order valence-electron chi connectivity index (χ1n) is 3.45. The second kappa shape index (κ2) is 3.94. The normalized spacial score (nSPS) is 10.9. The molecule has 0 aromatic carbocycles. The summed E-state index contributed by atoms with van der Waals surface area (Å²) in [5, 5.41) is 8.46. The van der Waals surface area contributed by atoms with Crippen LogP contribution in [0.15, 0.2) is 10.5 Å². The number of nitriles is 1. The fourth-order valence-electron chi connectivity index (χ4n) is 0.747. The lowest BCUT2D eigenvalue weighted by atomic mass is 10.3. The van der Waals surface area contributed by atoms with Gasteiger partial charge in [-0.2, -0.15) is 5.26 Å². The number of nitrogens with zero attached hydrogens (tertiary/aromatic N) is 2. The lowest BCUT2D eigenvalue weighted by Crippen LogP contribution is -2.19. The maximum Gasteiger partial charge on any atom is 0.574 e. The molecule has 1 rings (SSSR count). The van der Waals surface area contributed by atoms with E-state index in [9.17, 15) is 13.2 Å². The highest BCUT2D eigenvalue weighted by Gasteiger charge is 2.33. The predicted octanol–water partition coefficient (Wildman–Crippen LogP) is 2.20. The molecule has 0 atom stereocenters. The Kier molecular flexibility index (Phi) is 3.04. The smallest absolute Gasteiger partial charge is 0.393 e. The average Bonchev–Trinajstić information content (AvgIpc) is 2.10. The van der Waals surface area contributed by atoms with Crippen molar-refractivity contribution in [2.24, 2.45) is 0 Å². The van der Waals surface area contributed by atoms with Gasteiger partial charge >= 0.3 is 6.36 Å². The summed E-state index contributed by atoms with van der Waals surface area (Å²) in [4.78, 5) is 3.28. The molecular weight excluding hydrogens is 279 g/mol. The molecular formula is C7H3BrF3N3O. The molecule has 0 bridgehead atoms. The number of ether oxygens (including phenoxy) is 1. The van der Waals surface area contributed by atoms with E-state index in [1.54, 1.807) is 6.07 Å². The fraction of sp³-hybridized carbons (Fsp3) is 0.143. The molecule has 1 aromatic heterocycles. The molecule has 2 N–H and O–H groups in total. The fourth-order valence-corrected chi connectivity index (χ4v) is 1.13. The van der Waals surface area contributed by atoms with Crippen molar-refractivity contribution in [3.8, 4) is 11.9 Å². The Morgan fingerprint density at radius 2 is 2.13 bits per heavy atom. The minimum Gasteiger partial charge on any atom is -0.393 e. The van der Waals surface area contributed by atoms with Crippen molar-refractivity contribution in [3.63, 3.8) is 0 Å². The first-order chi connectivity index (χ1) is 6.83. The first kappa shape index (κ1) is 11.6. The Morgan fingerprint density at radius 3 is 2.60 bits per heavy atom. The van der Waals surface area contributed by atoms with E-state index in [0.29, 0.717) is 0 Å². The molecule has 0 aliphatic heterocycles. The van der Waals surface area contributed by atoms with E-state index in [0.717, 1.165) is 0 Å². The van der Waals surface area contributed by atoms with E-state index in [-0.39, 0.29) is 15.9 Å². The van der Waals surface area contributed by atoms with Crippen molar-refractivity contribution in [1.29, 1.82) is 5.26 Å². The minimum atomic E-state index is -4.89. The molecule has 0 radical (unpaired) electrons. The Labute approximate surface area is 90.6 Å². The lowest BCUT2D eigenvalue weighted by molar-refractivity contribution is -0.275. The van der Waals surface area contributed by atoms with Gasteiger partial charge in [0.25, 0.3) is 0 Å². The highest BCUT2D eigenvalue weighted by atomic mass is 79.9. The Hall–Kier alpha value is -1.49. The van der Waals surface area contributed by atoms with Crippen LogP contribution in [-0.2, 0) is 0 Å². The van der Waals surface area contributed by atoms with Crippen LogP contribution in [0.5, 0.6) is 5.88 Å². The number of aromatic nitrogens is 1. The number of alkyl halides is 3. The van der Waals surface area contributed by atoms with Crippen molar-refractivity contribution < 1.29 is 17.9 Å². The molecule has 0 saturated heterocycles. The van der Waals surface area contributed by atoms with Gasteiger partial charge in [-0.3, -0.25) is 0 Å². The topological polar surface area (TPSA) is 71.9 Å². The molecule has 0 fully saturated rings. The summed E-state index contributed by atoms with van der Waals surface area (Å²) in [5.41, 5.74) is 4.73. The Balaban J connectivity index is 3.18. The van der Waals surface area contributed by atoms with Gasteiger partial charge in [0.2, 0.25) is 5.88 Å². The monoisotopic (exact) mass is 281 g/mol. The van der Waals surface area contributed by atoms with Crippen LogP contribution in [-0.4, -0.2) is 11.3 Å². The van der Waals surface area contributed by atoms with Gasteiger partial charge in [-0.05, 0) is 22.0 Å². The summed E-state index contributed by atoms with van der Waals surface area (Å²) in [7, 11) is 0. The summed E-state index contributed by atoms with van der Waals surface area (Å²) < 4.78 is 39.3. The second-order valence-electron chi connectivity index (χ2n) is 2.37. The molecule has 0 aliphatic rings. The zero-order chi connectivity index (χ0) is 11.6. The summed E-state index contributed by atoms with van der Waals surface area (Å²) in [6, 6.07) is 2.77. The van der Waals surface area contributed by atoms with Crippen molar-refractivity contribution in [2.45, 2.75) is 6.36 Å². The quantitative estimate of drug-likeness (QED) is 0.857. The van der Waals surface area contributed by atoms with Crippen LogP contribution in [0.1, 0.15) is 5.69 Å². The summed E-state index contributed by atoms with van der Waals surface area (Å²) in [5.74, 6) is -0.839. The maximum atomic E-state index is 11.9. The minimum absolute atomic E-state index is 0.119. The predicted molar refractivity (Wildman–Crippen MR) is 47.7 cm³/mol. The molecule has 1 heterocycles. The van der Waals surface area contributed by atoms with Crippen molar-refractivity contribution in [2.75, 3.05) is 5.73 Å². The Morgan fingerprint density at radius 1 is 1.53 bits per heavy atom. The molecule has 8 heteroatoms. The van der Waals surface area contributed by atoms with E-state index in [2.05, 4.69) is 25.7 Å². The lowest BCUT2D eigenvalue weighted by Gasteiger charge is -2.10. The number of pyridine rings is 1. The molecule has 0 amide bonds. The second-order valence-corrected chi connectivity index (χ2v) is 3.22. The van der Waals surface area contributed by atoms with Gasteiger partial charge in [-0.15, -0.1) is 13.2 Å². The van der Waals surface area contributed by atoms with Gasteiger partial charge in [0.05, 0.1) is 0 Å². The number of halogens is 4. The third-order valence-corrected chi connectivity index (χ3v) is 1.96. The van der Waals surface area contributed by atoms with Gasteiger partial charge in [0, 0.05) is 4.47 Å².